The smallest absolute Gasteiger partial charge is 0.320 e. The third-order valence-corrected chi connectivity index (χ3v) is 3.15. The van der Waals surface area contributed by atoms with Gasteiger partial charge in [-0.3, -0.25) is 10.1 Å². The van der Waals surface area contributed by atoms with E-state index in [2.05, 4.69) is 5.32 Å². The van der Waals surface area contributed by atoms with Crippen LogP contribution in [0, 0.1) is 5.92 Å². The number of carboxylic acid groups (broad SMARTS) is 1. The number of carboxylic acids is 1. The number of aliphatic carboxylic acids is 1. The van der Waals surface area contributed by atoms with E-state index in [4.69, 9.17) is 9.52 Å². The zero-order valence-electron chi connectivity index (χ0n) is 11.7. The van der Waals surface area contributed by atoms with E-state index in [-0.39, 0.29) is 5.92 Å². The number of hydrogen-bond donors (Lipinski definition) is 2. The van der Waals surface area contributed by atoms with Crippen molar-refractivity contribution in [3.8, 4) is 11.3 Å². The Morgan fingerprint density at radius 3 is 2.50 bits per heavy atom. The molecule has 2 rings (SSSR count). The fourth-order valence-electron chi connectivity index (χ4n) is 2.05. The molecule has 1 aromatic carbocycles. The summed E-state index contributed by atoms with van der Waals surface area (Å²) in [6.07, 6.45) is 0. The highest BCUT2D eigenvalue weighted by Crippen LogP contribution is 2.21. The molecule has 0 aliphatic heterocycles. The zero-order chi connectivity index (χ0) is 14.5. The van der Waals surface area contributed by atoms with E-state index in [1.165, 1.54) is 0 Å². The predicted molar refractivity (Wildman–Crippen MR) is 77.2 cm³/mol. The molecular formula is C16H19NO3. The van der Waals surface area contributed by atoms with Gasteiger partial charge in [0.05, 0.1) is 6.54 Å². The first-order valence-corrected chi connectivity index (χ1v) is 6.68. The molecule has 20 heavy (non-hydrogen) atoms. The van der Waals surface area contributed by atoms with Gasteiger partial charge in [0.2, 0.25) is 0 Å². The summed E-state index contributed by atoms with van der Waals surface area (Å²) in [4.78, 5) is 11.1. The molecule has 0 aliphatic carbocycles. The Hall–Kier alpha value is -2.07. The zero-order valence-corrected chi connectivity index (χ0v) is 11.7. The third kappa shape index (κ3) is 3.48. The molecular weight excluding hydrogens is 254 g/mol. The van der Waals surface area contributed by atoms with Gasteiger partial charge in [0.25, 0.3) is 0 Å². The molecule has 0 bridgehead atoms. The maximum Gasteiger partial charge on any atom is 0.320 e. The van der Waals surface area contributed by atoms with Gasteiger partial charge in [0.1, 0.15) is 17.6 Å². The van der Waals surface area contributed by atoms with Crippen LogP contribution in [-0.2, 0) is 11.3 Å². The van der Waals surface area contributed by atoms with Gasteiger partial charge >= 0.3 is 5.97 Å². The molecule has 0 fully saturated rings. The lowest BCUT2D eigenvalue weighted by Crippen LogP contribution is -2.40. The van der Waals surface area contributed by atoms with Crippen molar-refractivity contribution in [1.29, 1.82) is 0 Å². The first kappa shape index (κ1) is 14.3. The summed E-state index contributed by atoms with van der Waals surface area (Å²) in [5.74, 6) is 0.709. The fourth-order valence-corrected chi connectivity index (χ4v) is 2.05. The molecule has 0 saturated carbocycles. The number of rotatable bonds is 6. The van der Waals surface area contributed by atoms with Crippen LogP contribution < -0.4 is 5.32 Å². The molecule has 0 aliphatic rings. The lowest BCUT2D eigenvalue weighted by molar-refractivity contribution is -0.140. The third-order valence-electron chi connectivity index (χ3n) is 3.15. The van der Waals surface area contributed by atoms with Crippen LogP contribution in [0.4, 0.5) is 0 Å². The van der Waals surface area contributed by atoms with Crippen LogP contribution in [0.25, 0.3) is 11.3 Å². The number of hydrogen-bond acceptors (Lipinski definition) is 3. The van der Waals surface area contributed by atoms with Crippen molar-refractivity contribution in [3.05, 3.63) is 48.2 Å². The minimum absolute atomic E-state index is 0.0241. The van der Waals surface area contributed by atoms with Gasteiger partial charge in [-0.2, -0.15) is 0 Å². The molecule has 0 radical (unpaired) electrons. The van der Waals surface area contributed by atoms with Crippen LogP contribution in [-0.4, -0.2) is 17.1 Å². The average molecular weight is 273 g/mol. The van der Waals surface area contributed by atoms with Gasteiger partial charge < -0.3 is 9.52 Å². The van der Waals surface area contributed by atoms with Crippen molar-refractivity contribution in [3.63, 3.8) is 0 Å². The van der Waals surface area contributed by atoms with Gasteiger partial charge in [0.15, 0.2) is 0 Å². The maximum absolute atomic E-state index is 11.1. The first-order chi connectivity index (χ1) is 9.58. The highest BCUT2D eigenvalue weighted by Gasteiger charge is 2.20. The summed E-state index contributed by atoms with van der Waals surface area (Å²) in [5, 5.41) is 12.1. The van der Waals surface area contributed by atoms with Crippen molar-refractivity contribution in [2.75, 3.05) is 0 Å². The number of carbonyl (C=O) groups is 1. The lowest BCUT2D eigenvalue weighted by Gasteiger charge is -2.16. The van der Waals surface area contributed by atoms with E-state index in [0.29, 0.717) is 6.54 Å². The fraction of sp³-hybridized carbons (Fsp3) is 0.312. The summed E-state index contributed by atoms with van der Waals surface area (Å²) in [6.45, 7) is 4.16. The van der Waals surface area contributed by atoms with E-state index in [1.54, 1.807) is 0 Å². The minimum Gasteiger partial charge on any atom is -0.480 e. The number of nitrogens with one attached hydrogen (secondary N) is 1. The summed E-state index contributed by atoms with van der Waals surface area (Å²) in [7, 11) is 0. The van der Waals surface area contributed by atoms with Crippen LogP contribution in [0.2, 0.25) is 0 Å². The second kappa shape index (κ2) is 6.39. The molecule has 1 atom stereocenters. The normalized spacial score (nSPS) is 12.6. The van der Waals surface area contributed by atoms with Gasteiger partial charge in [-0.15, -0.1) is 0 Å². The highest BCUT2D eigenvalue weighted by atomic mass is 16.4. The topological polar surface area (TPSA) is 62.5 Å². The molecule has 106 valence electrons. The Kier molecular flexibility index (Phi) is 4.58. The summed E-state index contributed by atoms with van der Waals surface area (Å²) in [5.41, 5.74) is 1.01. The molecule has 0 spiro atoms. The Morgan fingerprint density at radius 2 is 1.90 bits per heavy atom. The van der Waals surface area contributed by atoms with E-state index in [0.717, 1.165) is 17.1 Å². The van der Waals surface area contributed by atoms with Gasteiger partial charge in [-0.1, -0.05) is 44.2 Å². The molecule has 4 nitrogen and oxygen atoms in total. The van der Waals surface area contributed by atoms with Crippen molar-refractivity contribution in [2.24, 2.45) is 5.92 Å². The van der Waals surface area contributed by atoms with Crippen molar-refractivity contribution in [1.82, 2.24) is 5.32 Å². The van der Waals surface area contributed by atoms with Crippen LogP contribution >= 0.6 is 0 Å². The van der Waals surface area contributed by atoms with Crippen LogP contribution in [0.5, 0.6) is 0 Å². The van der Waals surface area contributed by atoms with Gasteiger partial charge in [-0.05, 0) is 18.1 Å². The molecule has 1 heterocycles. The van der Waals surface area contributed by atoms with Gasteiger partial charge in [0, 0.05) is 5.56 Å². The Morgan fingerprint density at radius 1 is 1.20 bits per heavy atom. The van der Waals surface area contributed by atoms with E-state index >= 15 is 0 Å². The van der Waals surface area contributed by atoms with E-state index in [1.807, 2.05) is 56.3 Å². The average Bonchev–Trinajstić information content (AvgIpc) is 2.88. The summed E-state index contributed by atoms with van der Waals surface area (Å²) >= 11 is 0. The van der Waals surface area contributed by atoms with E-state index < -0.39 is 12.0 Å². The first-order valence-electron chi connectivity index (χ1n) is 6.68. The molecule has 0 amide bonds. The Labute approximate surface area is 118 Å². The Bertz CT molecular complexity index is 560. The van der Waals surface area contributed by atoms with Crippen LogP contribution in [0.3, 0.4) is 0 Å². The molecule has 1 aromatic heterocycles. The molecule has 2 aromatic rings. The molecule has 4 heteroatoms. The second-order valence-corrected chi connectivity index (χ2v) is 5.07. The lowest BCUT2D eigenvalue weighted by atomic mass is 10.1. The summed E-state index contributed by atoms with van der Waals surface area (Å²) in [6, 6.07) is 13.0. The van der Waals surface area contributed by atoms with E-state index in [9.17, 15) is 4.79 Å². The monoisotopic (exact) mass is 273 g/mol. The molecule has 1 unspecified atom stereocenters. The van der Waals surface area contributed by atoms with Crippen molar-refractivity contribution in [2.45, 2.75) is 26.4 Å². The van der Waals surface area contributed by atoms with Crippen molar-refractivity contribution < 1.29 is 14.3 Å². The van der Waals surface area contributed by atoms with Crippen LogP contribution in [0.1, 0.15) is 19.6 Å². The SMILES string of the molecule is CC(C)C(NCc1ccc(-c2ccccc2)o1)C(=O)O. The second-order valence-electron chi connectivity index (χ2n) is 5.07. The minimum atomic E-state index is -0.838. The largest absolute Gasteiger partial charge is 0.480 e. The molecule has 2 N–H and O–H groups in total. The number of benzene rings is 1. The highest BCUT2D eigenvalue weighted by molar-refractivity contribution is 5.73. The predicted octanol–water partition coefficient (Wildman–Crippen LogP) is 3.15. The quantitative estimate of drug-likeness (QED) is 0.848. The maximum atomic E-state index is 11.1. The Balaban J connectivity index is 2.02. The number of furan rings is 1. The van der Waals surface area contributed by atoms with Crippen molar-refractivity contribution >= 4 is 5.97 Å². The standard InChI is InChI=1S/C16H19NO3/c1-11(2)15(16(18)19)17-10-13-8-9-14(20-13)12-6-4-3-5-7-12/h3-9,11,15,17H,10H2,1-2H3,(H,18,19). The van der Waals surface area contributed by atoms with Crippen LogP contribution in [0.15, 0.2) is 46.9 Å². The molecule has 0 saturated heterocycles. The summed E-state index contributed by atoms with van der Waals surface area (Å²) < 4.78 is 5.72. The van der Waals surface area contributed by atoms with Gasteiger partial charge in [-0.25, -0.2) is 0 Å².